The number of rotatable bonds is 1. The standard InChI is InChI=1S/C23H26/c1-13-8-16(4)23-19(7)18(6)22(12-21(23)9-13)20-10-14(2)17(5)15(3)11-20/h8-11H,7,12H2,1-6H3. The van der Waals surface area contributed by atoms with Gasteiger partial charge in [0, 0.05) is 0 Å². The van der Waals surface area contributed by atoms with Gasteiger partial charge in [-0.15, -0.1) is 0 Å². The summed E-state index contributed by atoms with van der Waals surface area (Å²) in [7, 11) is 0. The van der Waals surface area contributed by atoms with Gasteiger partial charge in [-0.05, 0) is 104 Å². The summed E-state index contributed by atoms with van der Waals surface area (Å²) in [6.07, 6.45) is 1.00. The van der Waals surface area contributed by atoms with Crippen LogP contribution in [0.1, 0.15) is 51.4 Å². The molecule has 0 N–H and O–H groups in total. The Morgan fingerprint density at radius 2 is 1.39 bits per heavy atom. The van der Waals surface area contributed by atoms with Gasteiger partial charge in [-0.2, -0.15) is 0 Å². The minimum Gasteiger partial charge on any atom is -0.0909 e. The van der Waals surface area contributed by atoms with Crippen molar-refractivity contribution < 1.29 is 0 Å². The van der Waals surface area contributed by atoms with E-state index in [1.807, 2.05) is 0 Å². The van der Waals surface area contributed by atoms with E-state index in [2.05, 4.69) is 72.4 Å². The van der Waals surface area contributed by atoms with E-state index >= 15 is 0 Å². The van der Waals surface area contributed by atoms with Gasteiger partial charge in [0.1, 0.15) is 0 Å². The van der Waals surface area contributed by atoms with Crippen LogP contribution in [0.2, 0.25) is 0 Å². The normalized spacial score (nSPS) is 14.3. The number of aryl methyl sites for hydroxylation is 4. The van der Waals surface area contributed by atoms with Gasteiger partial charge in [-0.25, -0.2) is 0 Å². The predicted octanol–water partition coefficient (Wildman–Crippen LogP) is 6.27. The lowest BCUT2D eigenvalue weighted by Gasteiger charge is -2.26. The summed E-state index contributed by atoms with van der Waals surface area (Å²) in [6.45, 7) is 17.6. The maximum atomic E-state index is 4.41. The molecule has 1 aliphatic rings. The molecule has 0 atom stereocenters. The van der Waals surface area contributed by atoms with Crippen LogP contribution in [-0.2, 0) is 6.42 Å². The monoisotopic (exact) mass is 302 g/mol. The van der Waals surface area contributed by atoms with Gasteiger partial charge >= 0.3 is 0 Å². The van der Waals surface area contributed by atoms with Crippen molar-refractivity contribution in [1.82, 2.24) is 0 Å². The van der Waals surface area contributed by atoms with E-state index in [0.717, 1.165) is 6.42 Å². The van der Waals surface area contributed by atoms with Crippen LogP contribution < -0.4 is 0 Å². The number of fused-ring (bicyclic) bond motifs is 1. The molecule has 0 heteroatoms. The van der Waals surface area contributed by atoms with E-state index in [0.29, 0.717) is 0 Å². The summed E-state index contributed by atoms with van der Waals surface area (Å²) in [6, 6.07) is 9.26. The fourth-order valence-corrected chi connectivity index (χ4v) is 3.85. The molecule has 2 aromatic carbocycles. The van der Waals surface area contributed by atoms with Crippen LogP contribution >= 0.6 is 0 Å². The Morgan fingerprint density at radius 1 is 0.783 bits per heavy atom. The zero-order valence-corrected chi connectivity index (χ0v) is 15.2. The molecule has 2 aromatic rings. The zero-order chi connectivity index (χ0) is 16.9. The van der Waals surface area contributed by atoms with Gasteiger partial charge in [-0.1, -0.05) is 36.4 Å². The summed E-state index contributed by atoms with van der Waals surface area (Å²) < 4.78 is 0. The van der Waals surface area contributed by atoms with Crippen LogP contribution in [0, 0.1) is 34.6 Å². The van der Waals surface area contributed by atoms with E-state index in [4.69, 9.17) is 0 Å². The third kappa shape index (κ3) is 2.57. The quantitative estimate of drug-likeness (QED) is 0.582. The largest absolute Gasteiger partial charge is 0.0909 e. The van der Waals surface area contributed by atoms with E-state index in [1.165, 1.54) is 61.2 Å². The Labute approximate surface area is 140 Å². The van der Waals surface area contributed by atoms with Crippen LogP contribution in [-0.4, -0.2) is 0 Å². The first kappa shape index (κ1) is 15.8. The Hall–Kier alpha value is -2.08. The minimum atomic E-state index is 1.00. The molecule has 0 spiro atoms. The summed E-state index contributed by atoms with van der Waals surface area (Å²) in [5.41, 5.74) is 14.9. The Morgan fingerprint density at radius 3 is 2.00 bits per heavy atom. The van der Waals surface area contributed by atoms with Crippen molar-refractivity contribution in [3.05, 3.63) is 80.9 Å². The van der Waals surface area contributed by atoms with Gasteiger partial charge in [0.2, 0.25) is 0 Å². The maximum absolute atomic E-state index is 4.41. The van der Waals surface area contributed by atoms with Gasteiger partial charge in [-0.3, -0.25) is 0 Å². The molecule has 3 rings (SSSR count). The molecule has 23 heavy (non-hydrogen) atoms. The average molecular weight is 302 g/mol. The molecular formula is C23H26. The number of benzene rings is 2. The highest BCUT2D eigenvalue weighted by Crippen LogP contribution is 2.40. The molecule has 0 aromatic heterocycles. The van der Waals surface area contributed by atoms with Gasteiger partial charge in [0.05, 0.1) is 0 Å². The van der Waals surface area contributed by atoms with Crippen LogP contribution in [0.25, 0.3) is 11.1 Å². The summed E-state index contributed by atoms with van der Waals surface area (Å²) >= 11 is 0. The van der Waals surface area contributed by atoms with Gasteiger partial charge in [0.15, 0.2) is 0 Å². The first-order valence-corrected chi connectivity index (χ1v) is 8.37. The predicted molar refractivity (Wildman–Crippen MR) is 102 cm³/mol. The van der Waals surface area contributed by atoms with Crippen LogP contribution in [0.5, 0.6) is 0 Å². The molecule has 0 amide bonds. The maximum Gasteiger partial charge on any atom is -0.00106 e. The first-order chi connectivity index (χ1) is 10.8. The number of hydrogen-bond acceptors (Lipinski definition) is 0. The SMILES string of the molecule is C=C1C(C)=C(c2cc(C)c(C)c(C)c2)Cc2cc(C)cc(C)c21. The highest BCUT2D eigenvalue weighted by Gasteiger charge is 2.22. The van der Waals surface area contributed by atoms with E-state index in [9.17, 15) is 0 Å². The molecule has 0 unspecified atom stereocenters. The lowest BCUT2D eigenvalue weighted by atomic mass is 9.78. The zero-order valence-electron chi connectivity index (χ0n) is 15.2. The molecular weight excluding hydrogens is 276 g/mol. The third-order valence-electron chi connectivity index (χ3n) is 5.41. The lowest BCUT2D eigenvalue weighted by Crippen LogP contribution is -2.08. The Balaban J connectivity index is 2.19. The number of allylic oxidation sites excluding steroid dienone is 3. The van der Waals surface area contributed by atoms with Gasteiger partial charge in [0.25, 0.3) is 0 Å². The molecule has 0 fully saturated rings. The highest BCUT2D eigenvalue weighted by molar-refractivity contribution is 5.94. The first-order valence-electron chi connectivity index (χ1n) is 8.37. The van der Waals surface area contributed by atoms with Crippen LogP contribution in [0.4, 0.5) is 0 Å². The topological polar surface area (TPSA) is 0 Å². The summed E-state index contributed by atoms with van der Waals surface area (Å²) in [5, 5.41) is 0. The lowest BCUT2D eigenvalue weighted by molar-refractivity contribution is 1.16. The molecule has 0 radical (unpaired) electrons. The van der Waals surface area contributed by atoms with E-state index in [1.54, 1.807) is 0 Å². The van der Waals surface area contributed by atoms with E-state index < -0.39 is 0 Å². The van der Waals surface area contributed by atoms with Crippen LogP contribution in [0.15, 0.2) is 36.4 Å². The van der Waals surface area contributed by atoms with Crippen molar-refractivity contribution in [3.63, 3.8) is 0 Å². The second kappa shape index (κ2) is 5.53. The molecule has 118 valence electrons. The Bertz CT molecular complexity index is 837. The molecule has 0 bridgehead atoms. The fraction of sp³-hybridized carbons (Fsp3) is 0.304. The fourth-order valence-electron chi connectivity index (χ4n) is 3.85. The van der Waals surface area contributed by atoms with Gasteiger partial charge < -0.3 is 0 Å². The summed E-state index contributed by atoms with van der Waals surface area (Å²) in [5.74, 6) is 0. The van der Waals surface area contributed by atoms with Crippen molar-refractivity contribution >= 4 is 11.1 Å². The minimum absolute atomic E-state index is 1.00. The van der Waals surface area contributed by atoms with Crippen molar-refractivity contribution in [2.75, 3.05) is 0 Å². The molecule has 0 saturated heterocycles. The number of hydrogen-bond donors (Lipinski definition) is 0. The Kier molecular flexibility index (Phi) is 3.80. The molecule has 0 heterocycles. The van der Waals surface area contributed by atoms with Crippen molar-refractivity contribution in [2.45, 2.75) is 48.0 Å². The van der Waals surface area contributed by atoms with Crippen molar-refractivity contribution in [3.8, 4) is 0 Å². The molecule has 0 saturated carbocycles. The van der Waals surface area contributed by atoms with Crippen LogP contribution in [0.3, 0.4) is 0 Å². The van der Waals surface area contributed by atoms with E-state index in [-0.39, 0.29) is 0 Å². The summed E-state index contributed by atoms with van der Waals surface area (Å²) in [4.78, 5) is 0. The molecule has 0 aliphatic heterocycles. The molecule has 0 nitrogen and oxygen atoms in total. The average Bonchev–Trinajstić information content (AvgIpc) is 2.47. The second-order valence-electron chi connectivity index (χ2n) is 7.11. The smallest absolute Gasteiger partial charge is 0.00106 e. The molecule has 1 aliphatic carbocycles. The second-order valence-corrected chi connectivity index (χ2v) is 7.11. The third-order valence-corrected chi connectivity index (χ3v) is 5.41. The van der Waals surface area contributed by atoms with Crippen molar-refractivity contribution in [1.29, 1.82) is 0 Å². The highest BCUT2D eigenvalue weighted by atomic mass is 14.3. The van der Waals surface area contributed by atoms with Crippen molar-refractivity contribution in [2.24, 2.45) is 0 Å².